The van der Waals surface area contributed by atoms with E-state index in [4.69, 9.17) is 0 Å². The maximum atomic E-state index is 4.44. The number of hydrogen-bond acceptors (Lipinski definition) is 3. The highest BCUT2D eigenvalue weighted by molar-refractivity contribution is 7.13. The van der Waals surface area contributed by atoms with Crippen LogP contribution < -0.4 is 0 Å². The van der Waals surface area contributed by atoms with Crippen molar-refractivity contribution in [2.24, 2.45) is 4.99 Å². The first-order valence-corrected chi connectivity index (χ1v) is 5.81. The molecule has 0 spiro atoms. The molecule has 1 aromatic carbocycles. The largest absolute Gasteiger partial charge is 0.232 e. The summed E-state index contributed by atoms with van der Waals surface area (Å²) in [6.45, 7) is 2.06. The normalized spacial score (nSPS) is 11.0. The first-order valence-electron chi connectivity index (χ1n) is 4.93. The molecule has 0 saturated heterocycles. The van der Waals surface area contributed by atoms with Crippen LogP contribution in [0.25, 0.3) is 11.3 Å². The van der Waals surface area contributed by atoms with Crippen molar-refractivity contribution in [3.05, 3.63) is 35.7 Å². The highest BCUT2D eigenvalue weighted by atomic mass is 32.1. The van der Waals surface area contributed by atoms with Crippen molar-refractivity contribution in [2.45, 2.75) is 13.3 Å². The summed E-state index contributed by atoms with van der Waals surface area (Å²) in [7, 11) is 0. The first-order chi connectivity index (χ1) is 7.40. The zero-order valence-corrected chi connectivity index (χ0v) is 9.37. The molecule has 0 amide bonds. The van der Waals surface area contributed by atoms with Gasteiger partial charge in [-0.2, -0.15) is 0 Å². The molecule has 2 aromatic rings. The van der Waals surface area contributed by atoms with Gasteiger partial charge in [0, 0.05) is 17.2 Å². The van der Waals surface area contributed by atoms with E-state index < -0.39 is 0 Å². The zero-order chi connectivity index (χ0) is 10.5. The summed E-state index contributed by atoms with van der Waals surface area (Å²) in [4.78, 5) is 8.69. The van der Waals surface area contributed by atoms with E-state index in [-0.39, 0.29) is 0 Å². The van der Waals surface area contributed by atoms with Crippen LogP contribution in [0.3, 0.4) is 0 Å². The molecular weight excluding hydrogens is 204 g/mol. The number of hydrogen-bond donors (Lipinski definition) is 0. The Labute approximate surface area is 93.3 Å². The Kier molecular flexibility index (Phi) is 3.25. The van der Waals surface area contributed by atoms with Crippen LogP contribution in [0, 0.1) is 0 Å². The maximum Gasteiger partial charge on any atom is 0.209 e. The van der Waals surface area contributed by atoms with Crippen LogP contribution >= 0.6 is 11.3 Å². The Morgan fingerprint density at radius 3 is 2.87 bits per heavy atom. The molecular formula is C12H12N2S. The number of benzene rings is 1. The molecule has 15 heavy (non-hydrogen) atoms. The molecule has 0 aliphatic rings. The van der Waals surface area contributed by atoms with Crippen LogP contribution in [-0.4, -0.2) is 11.2 Å². The SMILES string of the molecule is CC/C=N/c1nc(-c2ccccc2)cs1. The summed E-state index contributed by atoms with van der Waals surface area (Å²) in [5.74, 6) is 0. The van der Waals surface area contributed by atoms with Gasteiger partial charge in [-0.05, 0) is 6.42 Å². The van der Waals surface area contributed by atoms with E-state index in [0.717, 1.165) is 22.8 Å². The highest BCUT2D eigenvalue weighted by Crippen LogP contribution is 2.26. The van der Waals surface area contributed by atoms with Crippen LogP contribution in [0.4, 0.5) is 5.13 Å². The van der Waals surface area contributed by atoms with Crippen LogP contribution in [0.5, 0.6) is 0 Å². The average Bonchev–Trinajstić information content (AvgIpc) is 2.76. The minimum Gasteiger partial charge on any atom is -0.232 e. The van der Waals surface area contributed by atoms with Crippen molar-refractivity contribution in [1.29, 1.82) is 0 Å². The molecule has 2 rings (SSSR count). The van der Waals surface area contributed by atoms with Gasteiger partial charge in [-0.3, -0.25) is 0 Å². The lowest BCUT2D eigenvalue weighted by molar-refractivity contribution is 1.29. The average molecular weight is 216 g/mol. The van der Waals surface area contributed by atoms with Gasteiger partial charge in [0.05, 0.1) is 5.69 Å². The van der Waals surface area contributed by atoms with E-state index in [9.17, 15) is 0 Å². The zero-order valence-electron chi connectivity index (χ0n) is 8.55. The fourth-order valence-electron chi connectivity index (χ4n) is 1.23. The van der Waals surface area contributed by atoms with Crippen molar-refractivity contribution in [2.75, 3.05) is 0 Å². The Bertz CT molecular complexity index is 446. The number of aliphatic imine (C=N–C) groups is 1. The minimum atomic E-state index is 0.829. The third-order valence-electron chi connectivity index (χ3n) is 1.95. The summed E-state index contributed by atoms with van der Waals surface area (Å²) in [5, 5.41) is 2.87. The molecule has 2 nitrogen and oxygen atoms in total. The van der Waals surface area contributed by atoms with E-state index in [1.54, 1.807) is 11.3 Å². The summed E-state index contributed by atoms with van der Waals surface area (Å²) in [6, 6.07) is 10.2. The second kappa shape index (κ2) is 4.84. The van der Waals surface area contributed by atoms with E-state index in [0.29, 0.717) is 0 Å². The number of thiazole rings is 1. The van der Waals surface area contributed by atoms with Gasteiger partial charge in [-0.15, -0.1) is 11.3 Å². The van der Waals surface area contributed by atoms with Gasteiger partial charge in [0.2, 0.25) is 5.13 Å². The predicted octanol–water partition coefficient (Wildman–Crippen LogP) is 3.92. The summed E-state index contributed by atoms with van der Waals surface area (Å²) in [5.41, 5.74) is 2.15. The van der Waals surface area contributed by atoms with Gasteiger partial charge in [0.25, 0.3) is 0 Å². The Balaban J connectivity index is 2.24. The molecule has 76 valence electrons. The summed E-state index contributed by atoms with van der Waals surface area (Å²) >= 11 is 1.58. The molecule has 1 heterocycles. The molecule has 0 radical (unpaired) electrons. The smallest absolute Gasteiger partial charge is 0.209 e. The summed E-state index contributed by atoms with van der Waals surface area (Å²) in [6.07, 6.45) is 2.83. The molecule has 0 saturated carbocycles. The van der Waals surface area contributed by atoms with Crippen molar-refractivity contribution >= 4 is 22.7 Å². The maximum absolute atomic E-state index is 4.44. The number of nitrogens with zero attached hydrogens (tertiary/aromatic N) is 2. The highest BCUT2D eigenvalue weighted by Gasteiger charge is 2.01. The van der Waals surface area contributed by atoms with E-state index in [1.807, 2.05) is 29.8 Å². The molecule has 0 aliphatic carbocycles. The fraction of sp³-hybridized carbons (Fsp3) is 0.167. The predicted molar refractivity (Wildman–Crippen MR) is 66.0 cm³/mol. The topological polar surface area (TPSA) is 25.2 Å². The third-order valence-corrected chi connectivity index (χ3v) is 2.69. The number of aromatic nitrogens is 1. The van der Waals surface area contributed by atoms with Gasteiger partial charge >= 0.3 is 0 Å². The Hall–Kier alpha value is -1.48. The van der Waals surface area contributed by atoms with Gasteiger partial charge in [0.1, 0.15) is 0 Å². The lowest BCUT2D eigenvalue weighted by Crippen LogP contribution is -1.75. The second-order valence-corrected chi connectivity index (χ2v) is 3.94. The van der Waals surface area contributed by atoms with E-state index in [2.05, 4.69) is 29.0 Å². The van der Waals surface area contributed by atoms with Gasteiger partial charge in [-0.25, -0.2) is 9.98 Å². The minimum absolute atomic E-state index is 0.829. The fourth-order valence-corrected chi connectivity index (χ4v) is 1.93. The monoisotopic (exact) mass is 216 g/mol. The first kappa shape index (κ1) is 10.1. The molecule has 0 unspecified atom stereocenters. The standard InChI is InChI=1S/C12H12N2S/c1-2-8-13-12-14-11(9-15-12)10-6-4-3-5-7-10/h3-9H,2H2,1H3/b13-8+. The van der Waals surface area contributed by atoms with Crippen molar-refractivity contribution in [3.63, 3.8) is 0 Å². The van der Waals surface area contributed by atoms with E-state index >= 15 is 0 Å². The number of rotatable bonds is 3. The molecule has 0 atom stereocenters. The molecule has 3 heteroatoms. The van der Waals surface area contributed by atoms with Gasteiger partial charge in [-0.1, -0.05) is 37.3 Å². The van der Waals surface area contributed by atoms with Crippen molar-refractivity contribution in [3.8, 4) is 11.3 Å². The summed E-state index contributed by atoms with van der Waals surface area (Å²) < 4.78 is 0. The molecule has 1 aromatic heterocycles. The molecule has 0 N–H and O–H groups in total. The van der Waals surface area contributed by atoms with Crippen LogP contribution in [-0.2, 0) is 0 Å². The van der Waals surface area contributed by atoms with Crippen LogP contribution in [0.15, 0.2) is 40.7 Å². The van der Waals surface area contributed by atoms with Gasteiger partial charge < -0.3 is 0 Å². The van der Waals surface area contributed by atoms with Crippen molar-refractivity contribution < 1.29 is 0 Å². The van der Waals surface area contributed by atoms with Crippen molar-refractivity contribution in [1.82, 2.24) is 4.98 Å². The Morgan fingerprint density at radius 2 is 2.13 bits per heavy atom. The molecule has 0 fully saturated rings. The van der Waals surface area contributed by atoms with Gasteiger partial charge in [0.15, 0.2) is 0 Å². The molecule has 0 bridgehead atoms. The Morgan fingerprint density at radius 1 is 1.33 bits per heavy atom. The van der Waals surface area contributed by atoms with Crippen LogP contribution in [0.2, 0.25) is 0 Å². The third kappa shape index (κ3) is 2.50. The second-order valence-electron chi connectivity index (χ2n) is 3.10. The lowest BCUT2D eigenvalue weighted by Gasteiger charge is -1.92. The lowest BCUT2D eigenvalue weighted by atomic mass is 10.2. The van der Waals surface area contributed by atoms with E-state index in [1.165, 1.54) is 0 Å². The van der Waals surface area contributed by atoms with Crippen LogP contribution in [0.1, 0.15) is 13.3 Å². The quantitative estimate of drug-likeness (QED) is 0.714. The molecule has 0 aliphatic heterocycles.